The van der Waals surface area contributed by atoms with Crippen molar-refractivity contribution in [1.29, 1.82) is 0 Å². The summed E-state index contributed by atoms with van der Waals surface area (Å²) in [6.07, 6.45) is 2.14. The maximum Gasteiger partial charge on any atom is 0.256 e. The van der Waals surface area contributed by atoms with Crippen molar-refractivity contribution in [3.05, 3.63) is 70.4 Å². The predicted molar refractivity (Wildman–Crippen MR) is 132 cm³/mol. The molecule has 5 nitrogen and oxygen atoms in total. The van der Waals surface area contributed by atoms with Crippen molar-refractivity contribution in [2.24, 2.45) is 0 Å². The number of carbonyl (C=O) groups excluding carboxylic acids is 1. The third kappa shape index (κ3) is 5.52. The lowest BCUT2D eigenvalue weighted by atomic mass is 10.0. The van der Waals surface area contributed by atoms with Gasteiger partial charge < -0.3 is 20.3 Å². The first-order valence-corrected chi connectivity index (χ1v) is 11.6. The molecule has 0 saturated carbocycles. The molecule has 0 bridgehead atoms. The highest BCUT2D eigenvalue weighted by Gasteiger charge is 2.24. The Morgan fingerprint density at radius 2 is 1.78 bits per heavy atom. The molecule has 172 valence electrons. The Labute approximate surface area is 195 Å². The molecule has 6 heteroatoms. The van der Waals surface area contributed by atoms with Gasteiger partial charge in [-0.05, 0) is 70.4 Å². The van der Waals surface area contributed by atoms with Gasteiger partial charge in [0, 0.05) is 41.3 Å². The highest BCUT2D eigenvalue weighted by molar-refractivity contribution is 6.30. The van der Waals surface area contributed by atoms with E-state index in [1.54, 1.807) is 12.1 Å². The highest BCUT2D eigenvalue weighted by Crippen LogP contribution is 2.25. The number of aliphatic hydroxyl groups excluding tert-OH is 1. The van der Waals surface area contributed by atoms with Crippen LogP contribution >= 0.6 is 11.6 Å². The van der Waals surface area contributed by atoms with E-state index in [1.807, 2.05) is 63.1 Å². The second-order valence-electron chi connectivity index (χ2n) is 9.03. The minimum atomic E-state index is -0.624. The molecule has 0 aliphatic heterocycles. The highest BCUT2D eigenvalue weighted by atomic mass is 35.5. The van der Waals surface area contributed by atoms with Gasteiger partial charge in [-0.1, -0.05) is 35.9 Å². The molecule has 2 atom stereocenters. The van der Waals surface area contributed by atoms with Crippen LogP contribution in [0.2, 0.25) is 5.02 Å². The van der Waals surface area contributed by atoms with Crippen LogP contribution in [-0.4, -0.2) is 45.6 Å². The van der Waals surface area contributed by atoms with E-state index in [0.717, 1.165) is 28.5 Å². The number of amides is 1. The SMILES string of the molecule is CC(C)N(C(=O)c1cccc2c(C[C@@H](C)NC[C@H](O)c3cccc(Cl)c3)c[nH]c12)C(C)C. The first-order chi connectivity index (χ1) is 15.2. The van der Waals surface area contributed by atoms with Gasteiger partial charge in [0.25, 0.3) is 5.91 Å². The molecule has 0 aliphatic rings. The van der Waals surface area contributed by atoms with E-state index < -0.39 is 6.10 Å². The summed E-state index contributed by atoms with van der Waals surface area (Å²) in [5, 5.41) is 15.5. The number of nitrogens with one attached hydrogen (secondary N) is 2. The summed E-state index contributed by atoms with van der Waals surface area (Å²) in [7, 11) is 0. The number of para-hydroxylation sites is 1. The summed E-state index contributed by atoms with van der Waals surface area (Å²) in [5.74, 6) is 0.0461. The third-order valence-electron chi connectivity index (χ3n) is 5.80. The number of aliphatic hydroxyl groups is 1. The number of hydrogen-bond donors (Lipinski definition) is 3. The number of fused-ring (bicyclic) bond motifs is 1. The summed E-state index contributed by atoms with van der Waals surface area (Å²) >= 11 is 6.03. The van der Waals surface area contributed by atoms with E-state index >= 15 is 0 Å². The minimum Gasteiger partial charge on any atom is -0.387 e. The third-order valence-corrected chi connectivity index (χ3v) is 6.03. The largest absolute Gasteiger partial charge is 0.387 e. The standard InChI is InChI=1S/C26H34ClN3O2/c1-16(2)30(17(3)4)26(32)23-11-7-10-22-20(14-29-25(22)23)12-18(5)28-15-24(31)19-8-6-9-21(27)13-19/h6-11,13-14,16-18,24,28-29,31H,12,15H2,1-5H3/t18-,24+/m1/s1. The fraction of sp³-hybridized carbons (Fsp3) is 0.423. The van der Waals surface area contributed by atoms with Crippen LogP contribution in [0.15, 0.2) is 48.7 Å². The number of nitrogens with zero attached hydrogens (tertiary/aromatic N) is 1. The Balaban J connectivity index is 1.72. The smallest absolute Gasteiger partial charge is 0.256 e. The molecule has 1 heterocycles. The van der Waals surface area contributed by atoms with Gasteiger partial charge in [0.15, 0.2) is 0 Å². The normalized spacial score (nSPS) is 13.7. The molecule has 1 amide bonds. The van der Waals surface area contributed by atoms with Gasteiger partial charge >= 0.3 is 0 Å². The lowest BCUT2D eigenvalue weighted by molar-refractivity contribution is 0.0645. The molecular weight excluding hydrogens is 422 g/mol. The number of halogens is 1. The van der Waals surface area contributed by atoms with Gasteiger partial charge in [-0.2, -0.15) is 0 Å². The van der Waals surface area contributed by atoms with Crippen molar-refractivity contribution >= 4 is 28.4 Å². The molecule has 0 fully saturated rings. The monoisotopic (exact) mass is 455 g/mol. The molecule has 32 heavy (non-hydrogen) atoms. The van der Waals surface area contributed by atoms with Crippen LogP contribution in [0.1, 0.15) is 62.2 Å². The molecule has 0 saturated heterocycles. The van der Waals surface area contributed by atoms with Gasteiger partial charge in [-0.3, -0.25) is 4.79 Å². The number of benzene rings is 2. The zero-order valence-corrected chi connectivity index (χ0v) is 20.3. The Kier molecular flexibility index (Phi) is 7.99. The molecule has 3 rings (SSSR count). The summed E-state index contributed by atoms with van der Waals surface area (Å²) in [4.78, 5) is 18.5. The van der Waals surface area contributed by atoms with E-state index in [4.69, 9.17) is 11.6 Å². The Morgan fingerprint density at radius 1 is 1.09 bits per heavy atom. The van der Waals surface area contributed by atoms with E-state index in [-0.39, 0.29) is 24.0 Å². The number of aromatic nitrogens is 1. The Bertz CT molecular complexity index is 1050. The summed E-state index contributed by atoms with van der Waals surface area (Å²) in [6.45, 7) is 10.7. The molecule has 2 aromatic carbocycles. The van der Waals surface area contributed by atoms with Gasteiger partial charge in [-0.15, -0.1) is 0 Å². The summed E-state index contributed by atoms with van der Waals surface area (Å²) in [6, 6.07) is 13.6. The van der Waals surface area contributed by atoms with Crippen LogP contribution in [0.25, 0.3) is 10.9 Å². The van der Waals surface area contributed by atoms with Crippen LogP contribution in [0.3, 0.4) is 0 Å². The molecule has 0 radical (unpaired) electrons. The molecule has 0 aliphatic carbocycles. The topological polar surface area (TPSA) is 68.4 Å². The van der Waals surface area contributed by atoms with Crippen molar-refractivity contribution in [3.8, 4) is 0 Å². The lowest BCUT2D eigenvalue weighted by Gasteiger charge is -2.31. The molecule has 0 spiro atoms. The van der Waals surface area contributed by atoms with Crippen LogP contribution in [0.4, 0.5) is 0 Å². The molecule has 1 aromatic heterocycles. The fourth-order valence-corrected chi connectivity index (χ4v) is 4.51. The molecular formula is C26H34ClN3O2. The van der Waals surface area contributed by atoms with E-state index in [0.29, 0.717) is 17.1 Å². The van der Waals surface area contributed by atoms with Crippen molar-refractivity contribution in [3.63, 3.8) is 0 Å². The molecule has 0 unspecified atom stereocenters. The lowest BCUT2D eigenvalue weighted by Crippen LogP contribution is -2.42. The van der Waals surface area contributed by atoms with E-state index in [2.05, 4.69) is 23.3 Å². The van der Waals surface area contributed by atoms with Gasteiger partial charge in [-0.25, -0.2) is 0 Å². The summed E-state index contributed by atoms with van der Waals surface area (Å²) in [5.41, 5.74) is 3.53. The average Bonchev–Trinajstić information content (AvgIpc) is 3.14. The van der Waals surface area contributed by atoms with Crippen molar-refractivity contribution in [2.45, 2.75) is 65.3 Å². The Morgan fingerprint density at radius 3 is 2.44 bits per heavy atom. The predicted octanol–water partition coefficient (Wildman–Crippen LogP) is 5.33. The second kappa shape index (κ2) is 10.5. The number of H-pyrrole nitrogens is 1. The van der Waals surface area contributed by atoms with Crippen molar-refractivity contribution < 1.29 is 9.90 Å². The van der Waals surface area contributed by atoms with Crippen LogP contribution in [-0.2, 0) is 6.42 Å². The van der Waals surface area contributed by atoms with Crippen molar-refractivity contribution in [2.75, 3.05) is 6.54 Å². The fourth-order valence-electron chi connectivity index (χ4n) is 4.31. The maximum atomic E-state index is 13.3. The maximum absolute atomic E-state index is 13.3. The number of aromatic amines is 1. The second-order valence-corrected chi connectivity index (χ2v) is 9.46. The minimum absolute atomic E-state index is 0.0461. The summed E-state index contributed by atoms with van der Waals surface area (Å²) < 4.78 is 0. The van der Waals surface area contributed by atoms with Gasteiger partial charge in [0.1, 0.15) is 0 Å². The first kappa shape index (κ1) is 24.3. The number of carbonyl (C=O) groups is 1. The average molecular weight is 456 g/mol. The van der Waals surface area contributed by atoms with Crippen LogP contribution < -0.4 is 5.32 Å². The zero-order chi connectivity index (χ0) is 23.4. The zero-order valence-electron chi connectivity index (χ0n) is 19.5. The van der Waals surface area contributed by atoms with Gasteiger partial charge in [0.05, 0.1) is 17.2 Å². The first-order valence-electron chi connectivity index (χ1n) is 11.3. The van der Waals surface area contributed by atoms with Crippen LogP contribution in [0.5, 0.6) is 0 Å². The van der Waals surface area contributed by atoms with Crippen molar-refractivity contribution in [1.82, 2.24) is 15.2 Å². The van der Waals surface area contributed by atoms with Gasteiger partial charge in [0.2, 0.25) is 0 Å². The molecule has 3 N–H and O–H groups in total. The quantitative estimate of drug-likeness (QED) is 0.408. The van der Waals surface area contributed by atoms with E-state index in [9.17, 15) is 9.90 Å². The molecule has 3 aromatic rings. The van der Waals surface area contributed by atoms with Crippen LogP contribution in [0, 0.1) is 0 Å². The van der Waals surface area contributed by atoms with E-state index in [1.165, 1.54) is 0 Å². The number of hydrogen-bond acceptors (Lipinski definition) is 3. The number of rotatable bonds is 9. The Hall–Kier alpha value is -2.34.